The molecule has 3 rings (SSSR count). The number of aliphatic hydroxyl groups excluding tert-OH is 2. The van der Waals surface area contributed by atoms with Gasteiger partial charge in [0.05, 0.1) is 28.9 Å². The van der Waals surface area contributed by atoms with Crippen LogP contribution in [0.3, 0.4) is 0 Å². The van der Waals surface area contributed by atoms with Crippen molar-refractivity contribution in [3.8, 4) is 11.5 Å². The Morgan fingerprint density at radius 1 is 1.20 bits per heavy atom. The highest BCUT2D eigenvalue weighted by Crippen LogP contribution is 2.37. The number of ether oxygens (including phenoxy) is 3. The van der Waals surface area contributed by atoms with Gasteiger partial charge in [0.1, 0.15) is 18.5 Å². The number of rotatable bonds is 14. The third-order valence-corrected chi connectivity index (χ3v) is 7.67. The van der Waals surface area contributed by atoms with Crippen LogP contribution in [0.1, 0.15) is 46.0 Å². The molecule has 3 N–H and O–H groups in total. The third kappa shape index (κ3) is 8.92. The maximum Gasteiger partial charge on any atom is 0.416 e. The Kier molecular flexibility index (Phi) is 13.0. The number of carbonyl (C=O) groups is 3. The number of methoxy groups -OCH3 is 1. The minimum absolute atomic E-state index is 0.0411. The molecule has 1 aliphatic carbocycles. The Hall–Kier alpha value is -3.21. The minimum atomic E-state index is -4.59. The summed E-state index contributed by atoms with van der Waals surface area (Å²) in [5.41, 5.74) is -0.478. The van der Waals surface area contributed by atoms with E-state index in [1.54, 1.807) is 13.0 Å². The quantitative estimate of drug-likeness (QED) is 0.152. The van der Waals surface area contributed by atoms with Gasteiger partial charge in [-0.2, -0.15) is 13.2 Å². The predicted octanol–water partition coefficient (Wildman–Crippen LogP) is 3.62. The number of aldehydes is 1. The molecule has 2 aromatic carbocycles. The first-order valence-electron chi connectivity index (χ1n) is 13.8. The molecule has 0 saturated carbocycles. The van der Waals surface area contributed by atoms with Crippen molar-refractivity contribution in [3.05, 3.63) is 68.3 Å². The zero-order valence-electron chi connectivity index (χ0n) is 24.1. The maximum absolute atomic E-state index is 13.8. The maximum atomic E-state index is 13.8. The van der Waals surface area contributed by atoms with Gasteiger partial charge in [-0.15, -0.1) is 0 Å². The van der Waals surface area contributed by atoms with Crippen molar-refractivity contribution in [2.75, 3.05) is 40.0 Å². The number of alkyl halides is 3. The normalized spacial score (nSPS) is 18.3. The van der Waals surface area contributed by atoms with Crippen LogP contribution in [0.15, 0.2) is 48.0 Å². The van der Waals surface area contributed by atoms with Crippen LogP contribution in [0.4, 0.5) is 13.2 Å². The van der Waals surface area contributed by atoms with Gasteiger partial charge in [0.25, 0.3) is 5.91 Å². The smallest absolute Gasteiger partial charge is 0.416 e. The molecular weight excluding hydrogens is 700 g/mol. The van der Waals surface area contributed by atoms with E-state index in [9.17, 15) is 37.8 Å². The molecule has 0 bridgehead atoms. The van der Waals surface area contributed by atoms with Crippen LogP contribution in [0, 0.1) is 3.57 Å². The first kappa shape index (κ1) is 35.3. The van der Waals surface area contributed by atoms with E-state index >= 15 is 0 Å². The van der Waals surface area contributed by atoms with Gasteiger partial charge in [-0.3, -0.25) is 14.4 Å². The van der Waals surface area contributed by atoms with Crippen molar-refractivity contribution >= 4 is 40.7 Å². The summed E-state index contributed by atoms with van der Waals surface area (Å²) < 4.78 is 57.0. The Labute approximate surface area is 266 Å². The average Bonchev–Trinajstić information content (AvgIpc) is 3.01. The lowest BCUT2D eigenvalue weighted by Crippen LogP contribution is -2.55. The fourth-order valence-corrected chi connectivity index (χ4v) is 5.46. The van der Waals surface area contributed by atoms with Crippen molar-refractivity contribution in [1.29, 1.82) is 0 Å². The highest BCUT2D eigenvalue weighted by atomic mass is 127. The van der Waals surface area contributed by atoms with Crippen molar-refractivity contribution in [1.82, 2.24) is 10.2 Å². The Bertz CT molecular complexity index is 1340. The molecule has 44 heavy (non-hydrogen) atoms. The number of aliphatic hydroxyl groups is 2. The number of hydrogen-bond acceptors (Lipinski definition) is 8. The lowest BCUT2D eigenvalue weighted by Gasteiger charge is -2.40. The van der Waals surface area contributed by atoms with Crippen LogP contribution in [0.2, 0.25) is 0 Å². The van der Waals surface area contributed by atoms with Crippen molar-refractivity contribution in [2.24, 2.45) is 0 Å². The topological polar surface area (TPSA) is 135 Å². The van der Waals surface area contributed by atoms with Crippen molar-refractivity contribution in [2.45, 2.75) is 44.2 Å². The third-order valence-electron chi connectivity index (χ3n) is 6.87. The number of nitrogens with zero attached hydrogens (tertiary/aromatic N) is 1. The number of amides is 2. The van der Waals surface area contributed by atoms with Crippen LogP contribution in [-0.2, 0) is 15.7 Å². The number of halogens is 4. The molecule has 0 aromatic heterocycles. The van der Waals surface area contributed by atoms with Gasteiger partial charge in [-0.1, -0.05) is 0 Å². The number of hydrogen-bond donors (Lipinski definition) is 3. The molecule has 0 aliphatic heterocycles. The largest absolute Gasteiger partial charge is 0.493 e. The van der Waals surface area contributed by atoms with E-state index in [1.807, 2.05) is 22.6 Å². The molecule has 0 heterocycles. The van der Waals surface area contributed by atoms with Crippen LogP contribution in [0.5, 0.6) is 11.5 Å². The van der Waals surface area contributed by atoms with E-state index in [0.717, 1.165) is 24.3 Å². The van der Waals surface area contributed by atoms with E-state index in [4.69, 9.17) is 14.2 Å². The summed E-state index contributed by atoms with van der Waals surface area (Å²) in [5, 5.41) is 23.4. The molecule has 0 saturated heterocycles. The SMILES string of the molecule is CCOCCCN(C(=O)c1ccc(C(F)(F)F)cc1)[C@@H]1CC(C(=O)NCCO)=C[C@H](Oc2c(I)cc(C=O)cc2OC)[C@H]1O. The lowest BCUT2D eigenvalue weighted by molar-refractivity contribution is -0.137. The second-order valence-electron chi connectivity index (χ2n) is 9.79. The molecule has 3 atom stereocenters. The summed E-state index contributed by atoms with van der Waals surface area (Å²) >= 11 is 1.94. The average molecular weight is 735 g/mol. The Morgan fingerprint density at radius 3 is 2.50 bits per heavy atom. The molecular formula is C30H34F3IN2O8. The van der Waals surface area contributed by atoms with E-state index in [0.29, 0.717) is 28.4 Å². The van der Waals surface area contributed by atoms with Crippen molar-refractivity contribution in [3.63, 3.8) is 0 Å². The molecule has 0 unspecified atom stereocenters. The van der Waals surface area contributed by atoms with Gasteiger partial charge >= 0.3 is 6.18 Å². The predicted molar refractivity (Wildman–Crippen MR) is 162 cm³/mol. The van der Waals surface area contributed by atoms with Gasteiger partial charge in [0, 0.05) is 49.4 Å². The number of nitrogens with one attached hydrogen (secondary N) is 1. The van der Waals surface area contributed by atoms with Gasteiger partial charge < -0.3 is 34.6 Å². The standard InChI is InChI=1S/C30H34F3IN2O8/c1-3-43-12-4-10-36(29(41)19-5-7-21(8-6-19)30(31,32)33)23-15-20(28(40)35-9-11-37)16-24(26(23)39)44-27-22(34)13-18(17-38)14-25(27)42-2/h5-8,13-14,16-17,23-24,26,37,39H,3-4,9-12,15H2,1-2H3,(H,35,40)/t23-,24+,26+/m1/s1. The van der Waals surface area contributed by atoms with E-state index in [-0.39, 0.29) is 55.4 Å². The molecule has 0 radical (unpaired) electrons. The van der Waals surface area contributed by atoms with Crippen LogP contribution in [-0.4, -0.2) is 91.5 Å². The molecule has 240 valence electrons. The van der Waals surface area contributed by atoms with Gasteiger partial charge in [-0.05, 0) is 78.4 Å². The van der Waals surface area contributed by atoms with E-state index in [2.05, 4.69) is 5.32 Å². The molecule has 1 aliphatic rings. The van der Waals surface area contributed by atoms with E-state index < -0.39 is 41.8 Å². The summed E-state index contributed by atoms with van der Waals surface area (Å²) in [7, 11) is 1.37. The summed E-state index contributed by atoms with van der Waals surface area (Å²) in [4.78, 5) is 39.5. The Balaban J connectivity index is 2.04. The monoisotopic (exact) mass is 734 g/mol. The first-order chi connectivity index (χ1) is 20.9. The highest BCUT2D eigenvalue weighted by Gasteiger charge is 2.41. The Morgan fingerprint density at radius 2 is 1.91 bits per heavy atom. The molecule has 0 fully saturated rings. The van der Waals surface area contributed by atoms with Gasteiger partial charge in [0.15, 0.2) is 11.5 Å². The molecule has 14 heteroatoms. The second kappa shape index (κ2) is 16.2. The highest BCUT2D eigenvalue weighted by molar-refractivity contribution is 14.1. The second-order valence-corrected chi connectivity index (χ2v) is 11.0. The van der Waals surface area contributed by atoms with Gasteiger partial charge in [-0.25, -0.2) is 0 Å². The number of benzene rings is 2. The summed E-state index contributed by atoms with van der Waals surface area (Å²) in [6, 6.07) is 5.69. The van der Waals surface area contributed by atoms with Crippen LogP contribution < -0.4 is 14.8 Å². The van der Waals surface area contributed by atoms with Crippen molar-refractivity contribution < 1.29 is 52.0 Å². The van der Waals surface area contributed by atoms with E-state index in [1.165, 1.54) is 24.2 Å². The summed E-state index contributed by atoms with van der Waals surface area (Å²) in [6.07, 6.45) is -4.91. The molecule has 2 aromatic rings. The van der Waals surface area contributed by atoms with Gasteiger partial charge in [0.2, 0.25) is 5.91 Å². The summed E-state index contributed by atoms with van der Waals surface area (Å²) in [5.74, 6) is -0.828. The van der Waals surface area contributed by atoms with Crippen LogP contribution >= 0.6 is 22.6 Å². The molecule has 10 nitrogen and oxygen atoms in total. The fourth-order valence-electron chi connectivity index (χ4n) is 4.70. The minimum Gasteiger partial charge on any atom is -0.493 e. The fraction of sp³-hybridized carbons (Fsp3) is 0.433. The lowest BCUT2D eigenvalue weighted by atomic mass is 9.87. The first-order valence-corrected chi connectivity index (χ1v) is 14.9. The summed E-state index contributed by atoms with van der Waals surface area (Å²) in [6.45, 7) is 2.19. The number of carbonyl (C=O) groups excluding carboxylic acids is 3. The zero-order chi connectivity index (χ0) is 32.4. The molecule has 0 spiro atoms. The van der Waals surface area contributed by atoms with Crippen LogP contribution in [0.25, 0.3) is 0 Å². The zero-order valence-corrected chi connectivity index (χ0v) is 26.3. The molecule has 2 amide bonds.